The quantitative estimate of drug-likeness (QED) is 0.203. The maximum Gasteiger partial charge on any atom is 0.407 e. The molecule has 5 N–H and O–H groups in total. The van der Waals surface area contributed by atoms with Gasteiger partial charge in [-0.1, -0.05) is 48.5 Å². The van der Waals surface area contributed by atoms with E-state index in [-0.39, 0.29) is 42.5 Å². The van der Waals surface area contributed by atoms with E-state index in [1.807, 2.05) is 30.3 Å². The molecule has 0 radical (unpaired) electrons. The number of nitrogens with one attached hydrogen (secondary N) is 3. The highest BCUT2D eigenvalue weighted by Gasteiger charge is 2.32. The fourth-order valence-corrected chi connectivity index (χ4v) is 6.59. The van der Waals surface area contributed by atoms with Gasteiger partial charge in [0.05, 0.1) is 16.5 Å². The number of ether oxygens (including phenoxy) is 1. The number of sulfonamides is 1. The van der Waals surface area contributed by atoms with E-state index in [4.69, 9.17) is 10.5 Å². The highest BCUT2D eigenvalue weighted by atomic mass is 32.2. The first-order valence-electron chi connectivity index (χ1n) is 15.5. The first-order valence-corrected chi connectivity index (χ1v) is 17.0. The lowest BCUT2D eigenvalue weighted by molar-refractivity contribution is -0.134. The maximum absolute atomic E-state index is 13.7. The Kier molecular flexibility index (Phi) is 12.9. The van der Waals surface area contributed by atoms with Gasteiger partial charge in [-0.3, -0.25) is 9.59 Å². The number of anilines is 1. The number of carbonyl (C=O) groups is 3. The first-order chi connectivity index (χ1) is 22.7. The second-order valence-corrected chi connectivity index (χ2v) is 13.1. The van der Waals surface area contributed by atoms with Crippen molar-refractivity contribution in [1.29, 1.82) is 5.26 Å². The topological polar surface area (TPSA) is 184 Å². The molecule has 1 heterocycles. The van der Waals surface area contributed by atoms with Crippen LogP contribution in [0.5, 0.6) is 0 Å². The summed E-state index contributed by atoms with van der Waals surface area (Å²) >= 11 is 0. The van der Waals surface area contributed by atoms with Crippen LogP contribution in [0.2, 0.25) is 0 Å². The van der Waals surface area contributed by atoms with Gasteiger partial charge < -0.3 is 26.0 Å². The zero-order valence-corrected chi connectivity index (χ0v) is 26.9. The molecule has 1 aliphatic heterocycles. The first kappa shape index (κ1) is 35.1. The summed E-state index contributed by atoms with van der Waals surface area (Å²) in [4.78, 5) is 39.8. The number of hydrogen-bond acceptors (Lipinski definition) is 8. The van der Waals surface area contributed by atoms with Crippen molar-refractivity contribution in [3.8, 4) is 6.07 Å². The van der Waals surface area contributed by atoms with Gasteiger partial charge in [0.1, 0.15) is 12.6 Å². The second kappa shape index (κ2) is 17.2. The third kappa shape index (κ3) is 10.9. The highest BCUT2D eigenvalue weighted by Crippen LogP contribution is 2.22. The number of nitrogens with two attached hydrogens (primary N) is 1. The highest BCUT2D eigenvalue weighted by molar-refractivity contribution is 7.89. The number of amides is 3. The molecule has 3 aromatic rings. The van der Waals surface area contributed by atoms with E-state index in [1.54, 1.807) is 35.2 Å². The van der Waals surface area contributed by atoms with E-state index in [1.165, 1.54) is 18.2 Å². The van der Waals surface area contributed by atoms with Gasteiger partial charge in [-0.25, -0.2) is 13.2 Å². The van der Waals surface area contributed by atoms with Crippen LogP contribution in [0.4, 0.5) is 10.5 Å². The van der Waals surface area contributed by atoms with Crippen LogP contribution in [-0.2, 0) is 37.4 Å². The largest absolute Gasteiger partial charge is 0.445 e. The number of piperidine rings is 1. The van der Waals surface area contributed by atoms with Crippen LogP contribution >= 0.6 is 0 Å². The maximum atomic E-state index is 13.7. The van der Waals surface area contributed by atoms with Crippen molar-refractivity contribution in [3.63, 3.8) is 0 Å². The monoisotopic (exact) mass is 660 g/mol. The molecule has 0 bridgehead atoms. The van der Waals surface area contributed by atoms with Crippen molar-refractivity contribution in [3.05, 3.63) is 95.6 Å². The van der Waals surface area contributed by atoms with E-state index >= 15 is 0 Å². The lowest BCUT2D eigenvalue weighted by atomic mass is 9.93. The smallest absolute Gasteiger partial charge is 0.407 e. The molecular formula is C34H40N6O6S. The van der Waals surface area contributed by atoms with Gasteiger partial charge >= 0.3 is 6.09 Å². The molecule has 3 aromatic carbocycles. The number of nitrogens with zero attached hydrogens (tertiary/aromatic N) is 2. The van der Waals surface area contributed by atoms with Gasteiger partial charge in [0.15, 0.2) is 0 Å². The Labute approximate surface area is 275 Å². The number of carbonyl (C=O) groups excluding carboxylic acids is 3. The van der Waals surface area contributed by atoms with Crippen LogP contribution in [0.3, 0.4) is 0 Å². The third-order valence-corrected chi connectivity index (χ3v) is 9.32. The minimum Gasteiger partial charge on any atom is -0.445 e. The van der Waals surface area contributed by atoms with Gasteiger partial charge in [0, 0.05) is 31.7 Å². The molecule has 13 heteroatoms. The molecule has 1 unspecified atom stereocenters. The van der Waals surface area contributed by atoms with Crippen LogP contribution in [0.25, 0.3) is 0 Å². The summed E-state index contributed by atoms with van der Waals surface area (Å²) in [5, 5.41) is 14.5. The molecule has 4 rings (SSSR count). The van der Waals surface area contributed by atoms with E-state index in [2.05, 4.69) is 21.4 Å². The van der Waals surface area contributed by atoms with Gasteiger partial charge in [-0.05, 0) is 79.6 Å². The molecule has 1 fully saturated rings. The molecule has 3 amide bonds. The third-order valence-electron chi connectivity index (χ3n) is 7.85. The molecule has 1 saturated heterocycles. The van der Waals surface area contributed by atoms with Crippen LogP contribution in [-0.4, -0.2) is 63.4 Å². The average molecular weight is 661 g/mol. The fourth-order valence-electron chi connectivity index (χ4n) is 5.35. The Balaban J connectivity index is 1.38. The van der Waals surface area contributed by atoms with E-state index < -0.39 is 28.1 Å². The lowest BCUT2D eigenvalue weighted by Gasteiger charge is -2.34. The SMILES string of the molecule is N#Cc1cccc(CC(NS(=O)(=O)c2cccc(NC(=O)CCNC(=O)OCc3ccccc3)c2)C(=O)N2CCC(CCN)CC2)c1. The summed E-state index contributed by atoms with van der Waals surface area (Å²) < 4.78 is 34.9. The molecule has 0 spiro atoms. The molecule has 248 valence electrons. The molecule has 47 heavy (non-hydrogen) atoms. The van der Waals surface area contributed by atoms with E-state index in [0.717, 1.165) is 24.8 Å². The Morgan fingerprint density at radius 1 is 0.979 bits per heavy atom. The van der Waals surface area contributed by atoms with E-state index in [9.17, 15) is 28.1 Å². The fraction of sp³-hybridized carbons (Fsp3) is 0.353. The predicted octanol–water partition coefficient (Wildman–Crippen LogP) is 3.29. The van der Waals surface area contributed by atoms with Crippen LogP contribution in [0.1, 0.15) is 42.4 Å². The number of alkyl carbamates (subject to hydrolysis) is 1. The van der Waals surface area contributed by atoms with Crippen molar-refractivity contribution < 1.29 is 27.5 Å². The lowest BCUT2D eigenvalue weighted by Crippen LogP contribution is -2.51. The Hall–Kier alpha value is -4.77. The minimum atomic E-state index is -4.22. The summed E-state index contributed by atoms with van der Waals surface area (Å²) in [7, 11) is -4.22. The number of hydrogen-bond donors (Lipinski definition) is 4. The van der Waals surface area contributed by atoms with E-state index in [0.29, 0.717) is 36.7 Å². The summed E-state index contributed by atoms with van der Waals surface area (Å²) in [6, 6.07) is 22.5. The van der Waals surface area contributed by atoms with Crippen molar-refractivity contribution in [2.45, 2.75) is 49.6 Å². The zero-order valence-electron chi connectivity index (χ0n) is 26.1. The minimum absolute atomic E-state index is 0.0132. The molecule has 12 nitrogen and oxygen atoms in total. The van der Waals surface area contributed by atoms with Crippen molar-refractivity contribution in [2.75, 3.05) is 31.5 Å². The van der Waals surface area contributed by atoms with Crippen molar-refractivity contribution in [1.82, 2.24) is 14.9 Å². The average Bonchev–Trinajstić information content (AvgIpc) is 3.08. The summed E-state index contributed by atoms with van der Waals surface area (Å²) in [5.74, 6) is -0.366. The number of likely N-dealkylation sites (tertiary alicyclic amines) is 1. The second-order valence-electron chi connectivity index (χ2n) is 11.4. The molecule has 1 aliphatic rings. The Morgan fingerprint density at radius 3 is 2.43 bits per heavy atom. The summed E-state index contributed by atoms with van der Waals surface area (Å²) in [6.07, 6.45) is 1.77. The van der Waals surface area contributed by atoms with Gasteiger partial charge in [-0.15, -0.1) is 0 Å². The number of nitriles is 1. The van der Waals surface area contributed by atoms with Gasteiger partial charge in [0.2, 0.25) is 21.8 Å². The number of benzene rings is 3. The van der Waals surface area contributed by atoms with Crippen LogP contribution < -0.4 is 21.1 Å². The molecule has 0 saturated carbocycles. The molecule has 0 aromatic heterocycles. The van der Waals surface area contributed by atoms with Crippen LogP contribution in [0.15, 0.2) is 83.8 Å². The predicted molar refractivity (Wildman–Crippen MR) is 176 cm³/mol. The Morgan fingerprint density at radius 2 is 1.70 bits per heavy atom. The standard InChI is InChI=1S/C34H40N6O6S/c35-16-12-25-14-18-40(19-15-25)33(42)31(21-27-8-4-9-28(20-27)23-36)39-47(44,45)30-11-5-10-29(22-30)38-32(41)13-17-37-34(43)46-24-26-6-2-1-3-7-26/h1-11,20,22,25,31,39H,12-19,21,24,35H2,(H,37,43)(H,38,41). The molecule has 0 aliphatic carbocycles. The summed E-state index contributed by atoms with van der Waals surface area (Å²) in [5.41, 5.74) is 7.82. The normalized spacial score (nSPS) is 14.1. The van der Waals surface area contributed by atoms with Crippen LogP contribution in [0, 0.1) is 17.2 Å². The number of rotatable bonds is 14. The van der Waals surface area contributed by atoms with Crippen molar-refractivity contribution >= 4 is 33.6 Å². The van der Waals surface area contributed by atoms with Crippen molar-refractivity contribution in [2.24, 2.45) is 11.7 Å². The van der Waals surface area contributed by atoms with Gasteiger partial charge in [-0.2, -0.15) is 9.98 Å². The zero-order chi connectivity index (χ0) is 33.6. The molecular weight excluding hydrogens is 620 g/mol. The molecule has 1 atom stereocenters. The summed E-state index contributed by atoms with van der Waals surface area (Å²) in [6.45, 7) is 1.69. The Bertz CT molecular complexity index is 1670. The van der Waals surface area contributed by atoms with Gasteiger partial charge in [0.25, 0.3) is 0 Å².